The number of ketones is 1. The van der Waals surface area contributed by atoms with Gasteiger partial charge in [0.2, 0.25) is 5.91 Å². The van der Waals surface area contributed by atoms with E-state index in [1.54, 1.807) is 17.0 Å². The van der Waals surface area contributed by atoms with E-state index in [0.717, 1.165) is 16.9 Å². The Balaban J connectivity index is 1.89. The van der Waals surface area contributed by atoms with Crippen molar-refractivity contribution in [3.8, 4) is 0 Å². The number of benzene rings is 2. The van der Waals surface area contributed by atoms with Crippen LogP contribution in [0.1, 0.15) is 50.2 Å². The smallest absolute Gasteiger partial charge is 0.269 e. The molecule has 0 N–H and O–H groups in total. The van der Waals surface area contributed by atoms with Crippen LogP contribution in [-0.2, 0) is 9.59 Å². The number of Topliss-reactive ketones (excluding diaryl/α,β-unsaturated/α-hetero) is 1. The van der Waals surface area contributed by atoms with Gasteiger partial charge in [-0.1, -0.05) is 43.7 Å². The maximum Gasteiger partial charge on any atom is 0.269 e. The van der Waals surface area contributed by atoms with Crippen LogP contribution in [0.2, 0.25) is 0 Å². The highest BCUT2D eigenvalue weighted by molar-refractivity contribution is 6.07. The molecule has 2 aliphatic rings. The highest BCUT2D eigenvalue weighted by Crippen LogP contribution is 2.48. The summed E-state index contributed by atoms with van der Waals surface area (Å²) >= 11 is 0. The van der Waals surface area contributed by atoms with E-state index in [1.807, 2.05) is 45.0 Å². The average molecular weight is 404 g/mol. The molecule has 6 heteroatoms. The van der Waals surface area contributed by atoms with Crippen molar-refractivity contribution in [2.24, 2.45) is 5.41 Å². The summed E-state index contributed by atoms with van der Waals surface area (Å²) in [5.41, 5.74) is 3.54. The van der Waals surface area contributed by atoms with E-state index < -0.39 is 10.8 Å². The minimum absolute atomic E-state index is 0.0161. The van der Waals surface area contributed by atoms with Gasteiger partial charge in [0.15, 0.2) is 5.78 Å². The fourth-order valence-corrected chi connectivity index (χ4v) is 4.55. The second-order valence-corrected chi connectivity index (χ2v) is 8.97. The molecule has 1 aliphatic carbocycles. The molecule has 2 aromatic rings. The highest BCUT2D eigenvalue weighted by Gasteiger charge is 2.44. The Hall–Kier alpha value is -3.28. The fourth-order valence-electron chi connectivity index (χ4n) is 4.55. The number of carbonyl (C=O) groups is 2. The maximum atomic E-state index is 13.3. The van der Waals surface area contributed by atoms with Crippen molar-refractivity contribution in [3.05, 3.63) is 81.0 Å². The quantitative estimate of drug-likeness (QED) is 0.528. The van der Waals surface area contributed by atoms with E-state index >= 15 is 0 Å². The normalized spacial score (nSPS) is 20.9. The number of hydrogen-bond donors (Lipinski definition) is 0. The summed E-state index contributed by atoms with van der Waals surface area (Å²) in [6, 6.07) is 14.0. The molecule has 1 heterocycles. The van der Waals surface area contributed by atoms with Crippen LogP contribution < -0.4 is 4.90 Å². The van der Waals surface area contributed by atoms with Crippen molar-refractivity contribution in [3.63, 3.8) is 0 Å². The summed E-state index contributed by atoms with van der Waals surface area (Å²) in [6.07, 6.45) is 1.10. The molecule has 6 nitrogen and oxygen atoms in total. The van der Waals surface area contributed by atoms with Gasteiger partial charge < -0.3 is 0 Å². The zero-order valence-corrected chi connectivity index (χ0v) is 17.3. The van der Waals surface area contributed by atoms with Gasteiger partial charge >= 0.3 is 0 Å². The lowest BCUT2D eigenvalue weighted by molar-refractivity contribution is -0.384. The van der Waals surface area contributed by atoms with Crippen molar-refractivity contribution in [2.45, 2.75) is 46.0 Å². The Kier molecular flexibility index (Phi) is 4.80. The molecule has 0 spiro atoms. The standard InChI is InChI=1S/C24H24N2O4/c1-15-7-9-17(10-8-15)25-20-13-24(2,3)14-21(27)23(20)19(12-22(25)28)16-5-4-6-18(11-16)26(29)30/h4-11,19H,12-14H2,1-3H3/t19-/m0/s1. The molecule has 1 aliphatic heterocycles. The first kappa shape index (κ1) is 20.0. The molecule has 4 rings (SSSR count). The summed E-state index contributed by atoms with van der Waals surface area (Å²) in [6.45, 7) is 6.05. The number of allylic oxidation sites excluding steroid dienone is 2. The van der Waals surface area contributed by atoms with Gasteiger partial charge in [-0.25, -0.2) is 0 Å². The number of rotatable bonds is 3. The molecule has 0 unspecified atom stereocenters. The van der Waals surface area contributed by atoms with Crippen LogP contribution in [0, 0.1) is 22.5 Å². The van der Waals surface area contributed by atoms with Gasteiger partial charge in [0, 0.05) is 47.8 Å². The number of anilines is 1. The number of nitro groups is 1. The number of carbonyl (C=O) groups excluding carboxylic acids is 2. The van der Waals surface area contributed by atoms with Crippen molar-refractivity contribution < 1.29 is 14.5 Å². The topological polar surface area (TPSA) is 80.5 Å². The maximum absolute atomic E-state index is 13.3. The Bertz CT molecular complexity index is 1080. The van der Waals surface area contributed by atoms with Crippen LogP contribution in [-0.4, -0.2) is 16.6 Å². The van der Waals surface area contributed by atoms with E-state index in [1.165, 1.54) is 12.1 Å². The Morgan fingerprint density at radius 2 is 1.77 bits per heavy atom. The van der Waals surface area contributed by atoms with Gasteiger partial charge in [0.25, 0.3) is 5.69 Å². The first-order chi connectivity index (χ1) is 14.2. The molecule has 0 fully saturated rings. The molecule has 0 saturated heterocycles. The third-order valence-electron chi connectivity index (χ3n) is 5.92. The van der Waals surface area contributed by atoms with Crippen LogP contribution >= 0.6 is 0 Å². The average Bonchev–Trinajstić information content (AvgIpc) is 2.67. The molecule has 0 bridgehead atoms. The highest BCUT2D eigenvalue weighted by atomic mass is 16.6. The van der Waals surface area contributed by atoms with Gasteiger partial charge in [0.1, 0.15) is 0 Å². The van der Waals surface area contributed by atoms with E-state index in [2.05, 4.69) is 0 Å². The predicted octanol–water partition coefficient (Wildman–Crippen LogP) is 5.07. The SMILES string of the molecule is Cc1ccc(N2C(=O)C[C@@H](c3cccc([N+](=O)[O-])c3)C3=C2CC(C)(C)CC3=O)cc1. The Morgan fingerprint density at radius 3 is 2.43 bits per heavy atom. The molecule has 154 valence electrons. The van der Waals surface area contributed by atoms with Gasteiger partial charge in [-0.3, -0.25) is 24.6 Å². The lowest BCUT2D eigenvalue weighted by atomic mass is 9.69. The molecule has 1 amide bonds. The summed E-state index contributed by atoms with van der Waals surface area (Å²) in [5, 5.41) is 11.2. The van der Waals surface area contributed by atoms with Gasteiger partial charge in [-0.15, -0.1) is 0 Å². The van der Waals surface area contributed by atoms with Gasteiger partial charge in [-0.2, -0.15) is 0 Å². The molecular weight excluding hydrogens is 380 g/mol. The molecular formula is C24H24N2O4. The zero-order valence-electron chi connectivity index (χ0n) is 17.3. The number of non-ortho nitro benzene ring substituents is 1. The minimum Gasteiger partial charge on any atom is -0.294 e. The fraction of sp³-hybridized carbons (Fsp3) is 0.333. The monoisotopic (exact) mass is 404 g/mol. The first-order valence-electron chi connectivity index (χ1n) is 10.1. The predicted molar refractivity (Wildman–Crippen MR) is 114 cm³/mol. The zero-order chi connectivity index (χ0) is 21.6. The van der Waals surface area contributed by atoms with Crippen LogP contribution in [0.15, 0.2) is 59.8 Å². The second-order valence-electron chi connectivity index (χ2n) is 8.97. The summed E-state index contributed by atoms with van der Waals surface area (Å²) < 4.78 is 0. The largest absolute Gasteiger partial charge is 0.294 e. The van der Waals surface area contributed by atoms with Crippen LogP contribution in [0.3, 0.4) is 0 Å². The summed E-state index contributed by atoms with van der Waals surface area (Å²) in [7, 11) is 0. The number of nitrogens with zero attached hydrogens (tertiary/aromatic N) is 2. The van der Waals surface area contributed by atoms with Crippen LogP contribution in [0.4, 0.5) is 11.4 Å². The summed E-state index contributed by atoms with van der Waals surface area (Å²) in [5.74, 6) is -0.542. The third kappa shape index (κ3) is 3.54. The third-order valence-corrected chi connectivity index (χ3v) is 5.92. The van der Waals surface area contributed by atoms with E-state index in [9.17, 15) is 19.7 Å². The Labute approximate surface area is 175 Å². The lowest BCUT2D eigenvalue weighted by Gasteiger charge is -2.43. The molecule has 1 atom stereocenters. The molecule has 2 aromatic carbocycles. The number of hydrogen-bond acceptors (Lipinski definition) is 4. The molecule has 0 radical (unpaired) electrons. The van der Waals surface area contributed by atoms with E-state index in [0.29, 0.717) is 24.0 Å². The van der Waals surface area contributed by atoms with Crippen molar-refractivity contribution in [1.82, 2.24) is 0 Å². The van der Waals surface area contributed by atoms with E-state index in [4.69, 9.17) is 0 Å². The second kappa shape index (κ2) is 7.20. The minimum atomic E-state index is -0.460. The van der Waals surface area contributed by atoms with Crippen molar-refractivity contribution in [1.29, 1.82) is 0 Å². The number of amides is 1. The Morgan fingerprint density at radius 1 is 1.07 bits per heavy atom. The number of aryl methyl sites for hydroxylation is 1. The van der Waals surface area contributed by atoms with Crippen LogP contribution in [0.25, 0.3) is 0 Å². The van der Waals surface area contributed by atoms with Crippen molar-refractivity contribution >= 4 is 23.1 Å². The molecule has 0 saturated carbocycles. The van der Waals surface area contributed by atoms with E-state index in [-0.39, 0.29) is 29.2 Å². The number of nitro benzene ring substituents is 1. The molecule has 0 aromatic heterocycles. The lowest BCUT2D eigenvalue weighted by Crippen LogP contribution is -2.43. The van der Waals surface area contributed by atoms with Gasteiger partial charge in [0.05, 0.1) is 4.92 Å². The summed E-state index contributed by atoms with van der Waals surface area (Å²) in [4.78, 5) is 39.0. The molecule has 30 heavy (non-hydrogen) atoms. The van der Waals surface area contributed by atoms with Gasteiger partial charge in [-0.05, 0) is 36.5 Å². The van der Waals surface area contributed by atoms with Crippen LogP contribution in [0.5, 0.6) is 0 Å². The van der Waals surface area contributed by atoms with Crippen molar-refractivity contribution in [2.75, 3.05) is 4.90 Å². The first-order valence-corrected chi connectivity index (χ1v) is 10.1.